The summed E-state index contributed by atoms with van der Waals surface area (Å²) in [5, 5.41) is 19.9. The molecule has 0 fully saturated rings. The third-order valence-corrected chi connectivity index (χ3v) is 5.05. The fraction of sp³-hybridized carbons (Fsp3) is 0.0714. The van der Waals surface area contributed by atoms with Crippen molar-refractivity contribution in [1.82, 2.24) is 4.72 Å². The van der Waals surface area contributed by atoms with Gasteiger partial charge in [-0.15, -0.1) is 0 Å². The van der Waals surface area contributed by atoms with E-state index in [0.29, 0.717) is 4.47 Å². The summed E-state index contributed by atoms with van der Waals surface area (Å²) in [4.78, 5) is 21.1. The van der Waals surface area contributed by atoms with E-state index in [9.17, 15) is 28.4 Å². The first-order chi connectivity index (χ1) is 11.2. The Labute approximate surface area is 145 Å². The van der Waals surface area contributed by atoms with Crippen LogP contribution in [0.3, 0.4) is 0 Å². The molecule has 1 atom stereocenters. The van der Waals surface area contributed by atoms with Crippen LogP contribution in [0.15, 0.2) is 57.9 Å². The quantitative estimate of drug-likeness (QED) is 0.551. The van der Waals surface area contributed by atoms with E-state index in [0.717, 1.165) is 24.3 Å². The molecule has 0 aliphatic rings. The summed E-state index contributed by atoms with van der Waals surface area (Å²) in [7, 11) is -4.17. The second-order valence-corrected chi connectivity index (χ2v) is 7.32. The second-order valence-electron chi connectivity index (χ2n) is 4.70. The number of nitrogens with zero attached hydrogens (tertiary/aromatic N) is 1. The Morgan fingerprint density at radius 1 is 1.12 bits per heavy atom. The molecule has 126 valence electrons. The largest absolute Gasteiger partial charge is 0.480 e. The molecule has 0 aromatic heterocycles. The van der Waals surface area contributed by atoms with Crippen molar-refractivity contribution in [2.75, 3.05) is 0 Å². The van der Waals surface area contributed by atoms with E-state index in [1.54, 1.807) is 12.1 Å². The van der Waals surface area contributed by atoms with Gasteiger partial charge in [0.25, 0.3) is 5.69 Å². The first-order valence-electron chi connectivity index (χ1n) is 6.46. The molecule has 0 amide bonds. The first-order valence-corrected chi connectivity index (χ1v) is 8.73. The number of nitro groups is 1. The Balaban J connectivity index is 2.32. The van der Waals surface area contributed by atoms with Crippen LogP contribution in [0.1, 0.15) is 11.6 Å². The van der Waals surface area contributed by atoms with Gasteiger partial charge in [-0.25, -0.2) is 8.42 Å². The van der Waals surface area contributed by atoms with Crippen molar-refractivity contribution >= 4 is 37.6 Å². The molecule has 0 saturated carbocycles. The highest BCUT2D eigenvalue weighted by Crippen LogP contribution is 2.21. The number of non-ortho nitro benzene ring substituents is 1. The zero-order valence-corrected chi connectivity index (χ0v) is 14.3. The average molecular weight is 415 g/mol. The van der Waals surface area contributed by atoms with Crippen LogP contribution in [-0.2, 0) is 14.8 Å². The lowest BCUT2D eigenvalue weighted by atomic mass is 10.1. The third-order valence-electron chi connectivity index (χ3n) is 3.08. The molecule has 2 rings (SSSR count). The van der Waals surface area contributed by atoms with Crippen molar-refractivity contribution in [2.24, 2.45) is 0 Å². The number of carboxylic acid groups (broad SMARTS) is 1. The van der Waals surface area contributed by atoms with Crippen LogP contribution >= 0.6 is 15.9 Å². The molecule has 8 nitrogen and oxygen atoms in total. The predicted molar refractivity (Wildman–Crippen MR) is 87.9 cm³/mol. The Morgan fingerprint density at radius 2 is 1.67 bits per heavy atom. The topological polar surface area (TPSA) is 127 Å². The monoisotopic (exact) mass is 414 g/mol. The molecule has 0 radical (unpaired) electrons. The van der Waals surface area contributed by atoms with Gasteiger partial charge in [0.1, 0.15) is 6.04 Å². The number of halogens is 1. The molecule has 0 aliphatic carbocycles. The number of sulfonamides is 1. The molecule has 0 saturated heterocycles. The lowest BCUT2D eigenvalue weighted by Gasteiger charge is -2.15. The molecule has 0 bridgehead atoms. The predicted octanol–water partition coefficient (Wildman–Crippen LogP) is 2.46. The van der Waals surface area contributed by atoms with Gasteiger partial charge in [0.15, 0.2) is 0 Å². The first kappa shape index (κ1) is 18.0. The number of carboxylic acids is 1. The zero-order chi connectivity index (χ0) is 17.9. The van der Waals surface area contributed by atoms with Gasteiger partial charge in [-0.1, -0.05) is 28.1 Å². The van der Waals surface area contributed by atoms with Gasteiger partial charge in [0.2, 0.25) is 10.0 Å². The molecule has 2 N–H and O–H groups in total. The van der Waals surface area contributed by atoms with Crippen molar-refractivity contribution in [3.63, 3.8) is 0 Å². The highest BCUT2D eigenvalue weighted by atomic mass is 79.9. The molecule has 0 spiro atoms. The van der Waals surface area contributed by atoms with Crippen LogP contribution in [-0.4, -0.2) is 24.4 Å². The molecule has 0 heterocycles. The highest BCUT2D eigenvalue weighted by molar-refractivity contribution is 9.10. The Morgan fingerprint density at radius 3 is 2.12 bits per heavy atom. The second kappa shape index (κ2) is 7.07. The van der Waals surface area contributed by atoms with Gasteiger partial charge < -0.3 is 5.11 Å². The number of benzene rings is 2. The van der Waals surface area contributed by atoms with Gasteiger partial charge in [0.05, 0.1) is 9.82 Å². The standard InChI is InChI=1S/C14H11BrN2O6S/c15-10-3-1-9(2-4-10)13(14(18)19)16-24(22,23)12-7-5-11(6-8-12)17(20)21/h1-8,13,16H,(H,18,19). The van der Waals surface area contributed by atoms with E-state index < -0.39 is 27.0 Å². The van der Waals surface area contributed by atoms with Crippen molar-refractivity contribution < 1.29 is 23.2 Å². The minimum Gasteiger partial charge on any atom is -0.480 e. The summed E-state index contributed by atoms with van der Waals surface area (Å²) in [5.41, 5.74) is -0.0205. The third kappa shape index (κ3) is 4.16. The molecular weight excluding hydrogens is 404 g/mol. The molecule has 0 aliphatic heterocycles. The van der Waals surface area contributed by atoms with Gasteiger partial charge >= 0.3 is 5.97 Å². The summed E-state index contributed by atoms with van der Waals surface area (Å²) in [6, 6.07) is 8.79. The molecule has 24 heavy (non-hydrogen) atoms. The van der Waals surface area contributed by atoms with E-state index in [4.69, 9.17) is 0 Å². The van der Waals surface area contributed by atoms with Crippen molar-refractivity contribution in [3.05, 3.63) is 68.7 Å². The summed E-state index contributed by atoms with van der Waals surface area (Å²) < 4.78 is 27.4. The summed E-state index contributed by atoms with van der Waals surface area (Å²) in [6.07, 6.45) is 0. The van der Waals surface area contributed by atoms with E-state index in [1.807, 2.05) is 0 Å². The number of aliphatic carboxylic acids is 1. The van der Waals surface area contributed by atoms with Crippen LogP contribution in [0.25, 0.3) is 0 Å². The fourth-order valence-electron chi connectivity index (χ4n) is 1.89. The Hall–Kier alpha value is -2.30. The smallest absolute Gasteiger partial charge is 0.326 e. The molecule has 10 heteroatoms. The Bertz CT molecular complexity index is 865. The number of rotatable bonds is 6. The number of hydrogen-bond donors (Lipinski definition) is 2. The van der Waals surface area contributed by atoms with Gasteiger partial charge in [-0.05, 0) is 29.8 Å². The number of hydrogen-bond acceptors (Lipinski definition) is 5. The van der Waals surface area contributed by atoms with Crippen LogP contribution < -0.4 is 4.72 Å². The normalized spacial score (nSPS) is 12.5. The van der Waals surface area contributed by atoms with E-state index in [2.05, 4.69) is 20.7 Å². The number of carbonyl (C=O) groups is 1. The summed E-state index contributed by atoms with van der Waals surface area (Å²) in [6.45, 7) is 0. The van der Waals surface area contributed by atoms with Crippen molar-refractivity contribution in [3.8, 4) is 0 Å². The highest BCUT2D eigenvalue weighted by Gasteiger charge is 2.27. The maximum Gasteiger partial charge on any atom is 0.326 e. The number of nitro benzene ring substituents is 1. The zero-order valence-electron chi connectivity index (χ0n) is 11.9. The van der Waals surface area contributed by atoms with Crippen molar-refractivity contribution in [1.29, 1.82) is 0 Å². The van der Waals surface area contributed by atoms with Gasteiger partial charge in [0, 0.05) is 16.6 Å². The lowest BCUT2D eigenvalue weighted by molar-refractivity contribution is -0.384. The molecule has 2 aromatic rings. The SMILES string of the molecule is O=C(O)C(NS(=O)(=O)c1ccc([N+](=O)[O-])cc1)c1ccc(Br)cc1. The van der Waals surface area contributed by atoms with Crippen LogP contribution in [0, 0.1) is 10.1 Å². The average Bonchev–Trinajstić information content (AvgIpc) is 2.53. The number of nitrogens with one attached hydrogen (secondary N) is 1. The summed E-state index contributed by atoms with van der Waals surface area (Å²) >= 11 is 3.21. The lowest BCUT2D eigenvalue weighted by Crippen LogP contribution is -2.33. The summed E-state index contributed by atoms with van der Waals surface area (Å²) in [5.74, 6) is -1.37. The fourth-order valence-corrected chi connectivity index (χ4v) is 3.33. The van der Waals surface area contributed by atoms with Gasteiger partial charge in [-0.3, -0.25) is 14.9 Å². The van der Waals surface area contributed by atoms with Crippen LogP contribution in [0.2, 0.25) is 0 Å². The minimum atomic E-state index is -4.17. The maximum atomic E-state index is 12.3. The van der Waals surface area contributed by atoms with Crippen LogP contribution in [0.5, 0.6) is 0 Å². The van der Waals surface area contributed by atoms with Crippen molar-refractivity contribution in [2.45, 2.75) is 10.9 Å². The van der Waals surface area contributed by atoms with E-state index in [1.165, 1.54) is 12.1 Å². The minimum absolute atomic E-state index is 0.246. The van der Waals surface area contributed by atoms with E-state index in [-0.39, 0.29) is 16.1 Å². The molecular formula is C14H11BrN2O6S. The Kier molecular flexibility index (Phi) is 5.32. The van der Waals surface area contributed by atoms with E-state index >= 15 is 0 Å². The van der Waals surface area contributed by atoms with Gasteiger partial charge in [-0.2, -0.15) is 4.72 Å². The maximum absolute atomic E-state index is 12.3. The molecule has 2 aromatic carbocycles. The molecule has 1 unspecified atom stereocenters. The van der Waals surface area contributed by atoms with Crippen LogP contribution in [0.4, 0.5) is 5.69 Å².